The molecule has 1 aromatic carbocycles. The molecule has 1 aromatic heterocycles. The molecule has 1 aliphatic heterocycles. The fraction of sp³-hybridized carbons (Fsp3) is 0.381. The second-order valence-corrected chi connectivity index (χ2v) is 10.4. The van der Waals surface area contributed by atoms with Crippen LogP contribution in [-0.4, -0.2) is 55.4 Å². The Morgan fingerprint density at radius 2 is 1.73 bits per heavy atom. The highest BCUT2D eigenvalue weighted by atomic mass is 32.2. The molecule has 12 heteroatoms. The van der Waals surface area contributed by atoms with Crippen molar-refractivity contribution in [3.63, 3.8) is 0 Å². The lowest BCUT2D eigenvalue weighted by atomic mass is 10.1. The molecule has 2 aromatic rings. The molecule has 176 valence electrons. The number of aromatic nitrogens is 1. The average molecular weight is 482 g/mol. The Bertz CT molecular complexity index is 1230. The van der Waals surface area contributed by atoms with E-state index in [2.05, 4.69) is 4.98 Å². The van der Waals surface area contributed by atoms with E-state index in [1.54, 1.807) is 18.3 Å². The predicted octanol–water partition coefficient (Wildman–Crippen LogP) is 3.19. The van der Waals surface area contributed by atoms with Gasteiger partial charge in [-0.1, -0.05) is 6.92 Å². The quantitative estimate of drug-likeness (QED) is 0.608. The van der Waals surface area contributed by atoms with Gasteiger partial charge in [-0.25, -0.2) is 18.1 Å². The van der Waals surface area contributed by atoms with Gasteiger partial charge in [0, 0.05) is 12.7 Å². The molecule has 1 spiro atoms. The van der Waals surface area contributed by atoms with Gasteiger partial charge in [-0.2, -0.15) is 13.2 Å². The highest BCUT2D eigenvalue weighted by molar-refractivity contribution is 7.92. The van der Waals surface area contributed by atoms with E-state index in [0.29, 0.717) is 24.3 Å². The maximum absolute atomic E-state index is 13.4. The number of hydrogen-bond acceptors (Lipinski definition) is 6. The summed E-state index contributed by atoms with van der Waals surface area (Å²) < 4.78 is 61.7. The first-order chi connectivity index (χ1) is 15.3. The van der Waals surface area contributed by atoms with Crippen LogP contribution in [0.3, 0.4) is 0 Å². The minimum absolute atomic E-state index is 0.00493. The van der Waals surface area contributed by atoms with Crippen LogP contribution >= 0.6 is 0 Å². The lowest BCUT2D eigenvalue weighted by Gasteiger charge is -2.23. The third-order valence-electron chi connectivity index (χ3n) is 5.87. The minimum atomic E-state index is -5.54. The Morgan fingerprint density at radius 1 is 1.12 bits per heavy atom. The third kappa shape index (κ3) is 3.57. The van der Waals surface area contributed by atoms with Crippen LogP contribution in [-0.2, 0) is 21.2 Å². The number of carbonyl (C=O) groups is 2. The van der Waals surface area contributed by atoms with Crippen LogP contribution in [0.15, 0.2) is 47.5 Å². The molecule has 2 unspecified atom stereocenters. The van der Waals surface area contributed by atoms with Crippen molar-refractivity contribution in [2.45, 2.75) is 35.8 Å². The van der Waals surface area contributed by atoms with Crippen LogP contribution in [0.2, 0.25) is 0 Å². The van der Waals surface area contributed by atoms with Gasteiger partial charge in [0.25, 0.3) is 15.7 Å². The molecule has 2 atom stereocenters. The smallest absolute Gasteiger partial charge is 0.304 e. The number of nitrogens with zero attached hydrogens (tertiary/aromatic N) is 4. The van der Waals surface area contributed by atoms with E-state index in [9.17, 15) is 31.2 Å². The van der Waals surface area contributed by atoms with E-state index in [4.69, 9.17) is 0 Å². The van der Waals surface area contributed by atoms with Gasteiger partial charge in [0.15, 0.2) is 0 Å². The second kappa shape index (κ2) is 7.52. The molecule has 8 nitrogen and oxygen atoms in total. The molecule has 4 rings (SSSR count). The number of carbonyl (C=O) groups excluding carboxylic acids is 2. The van der Waals surface area contributed by atoms with Crippen LogP contribution in [0.1, 0.15) is 19.0 Å². The molecule has 0 radical (unpaired) electrons. The first kappa shape index (κ1) is 23.2. The summed E-state index contributed by atoms with van der Waals surface area (Å²) in [6, 6.07) is 6.24. The van der Waals surface area contributed by atoms with E-state index in [1.165, 1.54) is 4.90 Å². The second-order valence-electron chi connectivity index (χ2n) is 8.47. The molecular formula is C21H21F3N4O4S. The van der Waals surface area contributed by atoms with Crippen LogP contribution < -0.4 is 9.80 Å². The molecule has 1 aliphatic carbocycles. The Kier molecular flexibility index (Phi) is 5.28. The first-order valence-corrected chi connectivity index (χ1v) is 11.5. The number of halogens is 3. The highest BCUT2D eigenvalue weighted by Crippen LogP contribution is 2.55. The zero-order chi connectivity index (χ0) is 24.3. The summed E-state index contributed by atoms with van der Waals surface area (Å²) in [6.45, 7) is 2.35. The summed E-state index contributed by atoms with van der Waals surface area (Å²) >= 11 is 0. The number of hydrogen-bond donors (Lipinski definition) is 0. The number of sulfone groups is 1. The topological polar surface area (TPSA) is 90.9 Å². The molecule has 0 N–H and O–H groups in total. The Balaban J connectivity index is 1.71. The first-order valence-electron chi connectivity index (χ1n) is 10.0. The zero-order valence-corrected chi connectivity index (χ0v) is 18.8. The SMILES string of the molecule is CC1CC12C(=O)N(c1ccc(S(=O)(=O)C(F)(F)F)cc1)C(=O)N2c1ccnc(CN(C)C)c1. The average Bonchev–Trinajstić information content (AvgIpc) is 3.32. The Hall–Kier alpha value is -2.99. The van der Waals surface area contributed by atoms with Crippen LogP contribution in [0, 0.1) is 5.92 Å². The van der Waals surface area contributed by atoms with Crippen molar-refractivity contribution < 1.29 is 31.2 Å². The van der Waals surface area contributed by atoms with Crippen LogP contribution in [0.25, 0.3) is 0 Å². The Morgan fingerprint density at radius 3 is 2.24 bits per heavy atom. The number of alkyl halides is 3. The van der Waals surface area contributed by atoms with Crippen molar-refractivity contribution in [3.05, 3.63) is 48.3 Å². The number of benzene rings is 1. The van der Waals surface area contributed by atoms with Crippen molar-refractivity contribution in [2.75, 3.05) is 23.9 Å². The van der Waals surface area contributed by atoms with Gasteiger partial charge in [-0.15, -0.1) is 0 Å². The molecule has 33 heavy (non-hydrogen) atoms. The molecule has 2 aliphatic rings. The number of rotatable bonds is 5. The monoisotopic (exact) mass is 482 g/mol. The fourth-order valence-electron chi connectivity index (χ4n) is 4.16. The van der Waals surface area contributed by atoms with E-state index in [0.717, 1.165) is 29.2 Å². The fourth-order valence-corrected chi connectivity index (χ4v) is 4.92. The molecule has 0 bridgehead atoms. The molecular weight excluding hydrogens is 461 g/mol. The van der Waals surface area contributed by atoms with Gasteiger partial charge >= 0.3 is 11.5 Å². The van der Waals surface area contributed by atoms with Gasteiger partial charge in [-0.05, 0) is 62.8 Å². The van der Waals surface area contributed by atoms with E-state index in [1.807, 2.05) is 25.9 Å². The lowest BCUT2D eigenvalue weighted by molar-refractivity contribution is -0.119. The summed E-state index contributed by atoms with van der Waals surface area (Å²) in [7, 11) is -1.80. The van der Waals surface area contributed by atoms with Crippen LogP contribution in [0.4, 0.5) is 29.3 Å². The number of pyridine rings is 1. The van der Waals surface area contributed by atoms with Crippen LogP contribution in [0.5, 0.6) is 0 Å². The zero-order valence-electron chi connectivity index (χ0n) is 18.0. The standard InChI is InChI=1S/C21H21F3N4O4S/c1-13-11-20(13)18(29)27(15-4-6-17(7-5-15)33(31,32)21(22,23)24)19(30)28(20)16-8-9-25-14(10-16)12-26(2)3/h4-10,13H,11-12H2,1-3H3. The molecule has 2 heterocycles. The summed E-state index contributed by atoms with van der Waals surface area (Å²) in [6.07, 6.45) is 1.98. The summed E-state index contributed by atoms with van der Waals surface area (Å²) in [5.74, 6) is -0.633. The lowest BCUT2D eigenvalue weighted by Crippen LogP contribution is -2.39. The number of anilines is 2. The van der Waals surface area contributed by atoms with Gasteiger partial charge in [0.2, 0.25) is 0 Å². The largest absolute Gasteiger partial charge is 0.501 e. The molecule has 1 saturated heterocycles. The van der Waals surface area contributed by atoms with E-state index in [-0.39, 0.29) is 11.6 Å². The number of amides is 3. The summed E-state index contributed by atoms with van der Waals surface area (Å²) in [4.78, 5) is 34.2. The summed E-state index contributed by atoms with van der Waals surface area (Å²) in [5, 5.41) is 0. The predicted molar refractivity (Wildman–Crippen MR) is 113 cm³/mol. The van der Waals surface area contributed by atoms with E-state index < -0.39 is 37.7 Å². The van der Waals surface area contributed by atoms with Crippen molar-refractivity contribution >= 4 is 33.2 Å². The normalized spacial score (nSPS) is 23.2. The van der Waals surface area contributed by atoms with Gasteiger partial charge in [0.1, 0.15) is 5.54 Å². The van der Waals surface area contributed by atoms with Crippen molar-refractivity contribution in [1.29, 1.82) is 0 Å². The summed E-state index contributed by atoms with van der Waals surface area (Å²) in [5.41, 5.74) is -5.37. The molecule has 3 amide bonds. The van der Waals surface area contributed by atoms with Crippen molar-refractivity contribution in [2.24, 2.45) is 5.92 Å². The maximum Gasteiger partial charge on any atom is 0.501 e. The van der Waals surface area contributed by atoms with Gasteiger partial charge in [0.05, 0.1) is 22.0 Å². The van der Waals surface area contributed by atoms with Gasteiger partial charge in [-0.3, -0.25) is 14.7 Å². The minimum Gasteiger partial charge on any atom is -0.304 e. The van der Waals surface area contributed by atoms with E-state index >= 15 is 0 Å². The third-order valence-corrected chi connectivity index (χ3v) is 7.38. The number of urea groups is 1. The molecule has 2 fully saturated rings. The van der Waals surface area contributed by atoms with Crippen molar-refractivity contribution in [3.8, 4) is 0 Å². The van der Waals surface area contributed by atoms with Gasteiger partial charge < -0.3 is 4.90 Å². The van der Waals surface area contributed by atoms with Crippen molar-refractivity contribution in [1.82, 2.24) is 9.88 Å². The molecule has 1 saturated carbocycles. The highest BCUT2D eigenvalue weighted by Gasteiger charge is 2.70. The maximum atomic E-state index is 13.4. The number of imide groups is 1. The Labute approximate surface area is 188 Å².